The van der Waals surface area contributed by atoms with Crippen molar-refractivity contribution in [1.29, 1.82) is 0 Å². The molecule has 1 aliphatic rings. The van der Waals surface area contributed by atoms with Gasteiger partial charge in [-0.25, -0.2) is 0 Å². The highest BCUT2D eigenvalue weighted by molar-refractivity contribution is 6.11. The Morgan fingerprint density at radius 3 is 2.56 bits per heavy atom. The predicted octanol–water partition coefficient (Wildman–Crippen LogP) is 4.25. The number of anilines is 3. The van der Waals surface area contributed by atoms with Crippen molar-refractivity contribution in [2.45, 2.75) is 39.5 Å². The van der Waals surface area contributed by atoms with Crippen LogP contribution in [0.3, 0.4) is 0 Å². The summed E-state index contributed by atoms with van der Waals surface area (Å²) in [5, 5.41) is 21.4. The number of benzene rings is 1. The van der Waals surface area contributed by atoms with Crippen molar-refractivity contribution < 1.29 is 19.2 Å². The number of rotatable bonds is 8. The summed E-state index contributed by atoms with van der Waals surface area (Å²) in [6.45, 7) is 5.41. The molecule has 230 valence electrons. The maximum absolute atomic E-state index is 13.8. The van der Waals surface area contributed by atoms with Crippen LogP contribution < -0.4 is 21.1 Å². The molecule has 5 aromatic rings. The molecule has 0 saturated carbocycles. The number of amides is 2. The van der Waals surface area contributed by atoms with Gasteiger partial charge >= 0.3 is 0 Å². The van der Waals surface area contributed by atoms with Gasteiger partial charge in [-0.2, -0.15) is 9.84 Å². The summed E-state index contributed by atoms with van der Waals surface area (Å²) in [6, 6.07) is 13.1. The number of aliphatic hydroxyl groups excluding tert-OH is 1. The van der Waals surface area contributed by atoms with Crippen molar-refractivity contribution in [2.24, 2.45) is 14.1 Å². The molecule has 6 rings (SSSR count). The Morgan fingerprint density at radius 1 is 1.11 bits per heavy atom. The number of hydrogen-bond acceptors (Lipinski definition) is 9. The molecule has 0 spiro atoms. The average Bonchev–Trinajstić information content (AvgIpc) is 3.64. The van der Waals surface area contributed by atoms with Gasteiger partial charge in [-0.05, 0) is 56.7 Å². The minimum Gasteiger partial charge on any atom is -0.381 e. The van der Waals surface area contributed by atoms with Crippen LogP contribution in [0.1, 0.15) is 69.0 Å². The molecule has 5 heterocycles. The van der Waals surface area contributed by atoms with E-state index in [1.807, 2.05) is 6.92 Å². The van der Waals surface area contributed by atoms with Crippen LogP contribution in [-0.4, -0.2) is 41.4 Å². The van der Waals surface area contributed by atoms with Gasteiger partial charge in [-0.15, -0.1) is 0 Å². The fourth-order valence-corrected chi connectivity index (χ4v) is 5.74. The topological polar surface area (TPSA) is 160 Å². The van der Waals surface area contributed by atoms with E-state index in [4.69, 9.17) is 4.52 Å². The van der Waals surface area contributed by atoms with E-state index in [0.717, 1.165) is 4.74 Å². The Kier molecular flexibility index (Phi) is 7.54. The van der Waals surface area contributed by atoms with Crippen molar-refractivity contribution in [3.63, 3.8) is 0 Å². The Balaban J connectivity index is 1.28. The van der Waals surface area contributed by atoms with E-state index in [2.05, 4.69) is 25.7 Å². The third-order valence-corrected chi connectivity index (χ3v) is 7.75. The highest BCUT2D eigenvalue weighted by Crippen LogP contribution is 2.42. The fraction of sp³-hybridized carbons (Fsp3) is 0.250. The molecule has 3 N–H and O–H groups in total. The van der Waals surface area contributed by atoms with E-state index in [9.17, 15) is 19.5 Å². The highest BCUT2D eigenvalue weighted by Gasteiger charge is 2.40. The number of carbonyl (C=O) groups is 2. The van der Waals surface area contributed by atoms with Crippen LogP contribution in [0.5, 0.6) is 0 Å². The van der Waals surface area contributed by atoms with Gasteiger partial charge in [0.05, 0.1) is 29.3 Å². The third kappa shape index (κ3) is 5.38. The molecule has 2 amide bonds. The lowest BCUT2D eigenvalue weighted by atomic mass is 9.99. The molecule has 1 aliphatic heterocycles. The van der Waals surface area contributed by atoms with Crippen LogP contribution in [0.4, 0.5) is 17.2 Å². The minimum atomic E-state index is -1.28. The normalized spacial score (nSPS) is 14.8. The van der Waals surface area contributed by atoms with Gasteiger partial charge in [-0.3, -0.25) is 33.9 Å². The quantitative estimate of drug-likeness (QED) is 0.219. The Morgan fingerprint density at radius 2 is 1.91 bits per heavy atom. The Bertz CT molecular complexity index is 1990. The Labute approximate surface area is 258 Å². The van der Waals surface area contributed by atoms with E-state index < -0.39 is 12.3 Å². The average molecular weight is 609 g/mol. The summed E-state index contributed by atoms with van der Waals surface area (Å²) >= 11 is 0. The van der Waals surface area contributed by atoms with Crippen molar-refractivity contribution in [3.05, 3.63) is 105 Å². The monoisotopic (exact) mass is 608 g/mol. The fourth-order valence-electron chi connectivity index (χ4n) is 5.74. The van der Waals surface area contributed by atoms with Crippen molar-refractivity contribution in [1.82, 2.24) is 24.5 Å². The molecular weight excluding hydrogens is 576 g/mol. The van der Waals surface area contributed by atoms with Crippen molar-refractivity contribution >= 4 is 29.0 Å². The summed E-state index contributed by atoms with van der Waals surface area (Å²) in [4.78, 5) is 50.0. The van der Waals surface area contributed by atoms with Gasteiger partial charge in [-0.1, -0.05) is 13.0 Å². The van der Waals surface area contributed by atoms with Gasteiger partial charge in [0.2, 0.25) is 0 Å². The zero-order valence-electron chi connectivity index (χ0n) is 25.4. The van der Waals surface area contributed by atoms with Gasteiger partial charge in [0.1, 0.15) is 11.3 Å². The number of aryl methyl sites for hydroxylation is 4. The van der Waals surface area contributed by atoms with Crippen LogP contribution in [0.15, 0.2) is 70.2 Å². The van der Waals surface area contributed by atoms with Crippen LogP contribution in [0.25, 0.3) is 11.3 Å². The molecule has 13 nitrogen and oxygen atoms in total. The molecule has 1 aromatic carbocycles. The Hall–Kier alpha value is -5.56. The standard InChI is InChI=1S/C32H32N8O5/c1-6-24-27-22(31(43)40(24)21-10-11-23(33-16-21)26-18(3)45-39(5)32(26)44)14-17(2)34-28(27)30(42)35-20-9-7-8-19(15-20)29(41)36-25-12-13-38(4)37-25/h7-16,24,30,35,42H,6H2,1-5H3,(H,36,37,41)/t24-,30?/m1/s1. The van der Waals surface area contributed by atoms with E-state index in [-0.39, 0.29) is 17.4 Å². The van der Waals surface area contributed by atoms with E-state index >= 15 is 0 Å². The van der Waals surface area contributed by atoms with Crippen LogP contribution >= 0.6 is 0 Å². The number of fused-ring (bicyclic) bond motifs is 1. The van der Waals surface area contributed by atoms with Gasteiger partial charge in [0.25, 0.3) is 17.4 Å². The van der Waals surface area contributed by atoms with E-state index in [1.54, 1.807) is 91.4 Å². The number of carbonyl (C=O) groups excluding carboxylic acids is 2. The molecule has 0 bridgehead atoms. The number of pyridine rings is 2. The second kappa shape index (κ2) is 11.5. The summed E-state index contributed by atoms with van der Waals surface area (Å²) in [6.07, 6.45) is 2.54. The minimum absolute atomic E-state index is 0.242. The number of hydrogen-bond donors (Lipinski definition) is 3. The zero-order chi connectivity index (χ0) is 32.0. The van der Waals surface area contributed by atoms with Crippen molar-refractivity contribution in [3.8, 4) is 11.3 Å². The van der Waals surface area contributed by atoms with Gasteiger partial charge in [0, 0.05) is 54.4 Å². The number of nitrogens with zero attached hydrogens (tertiary/aromatic N) is 6. The molecule has 0 saturated heterocycles. The van der Waals surface area contributed by atoms with Gasteiger partial charge in [0.15, 0.2) is 12.0 Å². The first-order chi connectivity index (χ1) is 21.5. The molecular formula is C32H32N8O5. The lowest BCUT2D eigenvalue weighted by molar-refractivity contribution is 0.0988. The summed E-state index contributed by atoms with van der Waals surface area (Å²) in [5.41, 5.74) is 3.85. The maximum Gasteiger partial charge on any atom is 0.291 e. The molecule has 0 aliphatic carbocycles. The van der Waals surface area contributed by atoms with Crippen LogP contribution in [0.2, 0.25) is 0 Å². The molecule has 2 atom stereocenters. The highest BCUT2D eigenvalue weighted by atomic mass is 16.5. The number of aromatic nitrogens is 5. The zero-order valence-corrected chi connectivity index (χ0v) is 25.4. The molecule has 4 aromatic heterocycles. The lowest BCUT2D eigenvalue weighted by Gasteiger charge is -2.26. The summed E-state index contributed by atoms with van der Waals surface area (Å²) in [5.74, 6) is 0.280. The molecule has 0 radical (unpaired) electrons. The molecule has 0 fully saturated rings. The molecule has 13 heteroatoms. The lowest BCUT2D eigenvalue weighted by Crippen LogP contribution is -2.28. The third-order valence-electron chi connectivity index (χ3n) is 7.75. The van der Waals surface area contributed by atoms with E-state index in [0.29, 0.717) is 68.7 Å². The summed E-state index contributed by atoms with van der Waals surface area (Å²) in [7, 11) is 3.29. The first-order valence-corrected chi connectivity index (χ1v) is 14.4. The van der Waals surface area contributed by atoms with Crippen LogP contribution in [-0.2, 0) is 14.1 Å². The first kappa shape index (κ1) is 29.5. The molecule has 45 heavy (non-hydrogen) atoms. The number of aliphatic hydroxyl groups is 1. The first-order valence-electron chi connectivity index (χ1n) is 14.4. The van der Waals surface area contributed by atoms with Gasteiger partial charge < -0.3 is 20.3 Å². The largest absolute Gasteiger partial charge is 0.381 e. The van der Waals surface area contributed by atoms with Crippen molar-refractivity contribution in [2.75, 3.05) is 15.5 Å². The van der Waals surface area contributed by atoms with Crippen LogP contribution in [0, 0.1) is 13.8 Å². The second-order valence-electron chi connectivity index (χ2n) is 10.9. The van der Waals surface area contributed by atoms with E-state index in [1.165, 1.54) is 7.05 Å². The maximum atomic E-state index is 13.8. The smallest absolute Gasteiger partial charge is 0.291 e. The second-order valence-corrected chi connectivity index (χ2v) is 10.9. The summed E-state index contributed by atoms with van der Waals surface area (Å²) < 4.78 is 8.13. The SMILES string of the molecule is CC[C@@H]1c2c(cc(C)nc2C(O)Nc2cccc(C(=O)Nc3ccn(C)n3)c2)C(=O)N1c1ccc(-c2c(C)on(C)c2=O)nc1. The number of nitrogens with one attached hydrogen (secondary N) is 2. The predicted molar refractivity (Wildman–Crippen MR) is 167 cm³/mol. The molecule has 1 unspecified atom stereocenters.